The molecular formula is C44H68N4O10S2. The normalized spacial score (nSPS) is 12.4. The summed E-state index contributed by atoms with van der Waals surface area (Å²) in [5.41, 5.74) is 8.38. The highest BCUT2D eigenvalue weighted by atomic mass is 32.2. The van der Waals surface area contributed by atoms with Crippen LogP contribution in [-0.4, -0.2) is 61.4 Å². The molecule has 0 aliphatic rings. The minimum Gasteiger partial charge on any atom is -0.744 e. The molecule has 2 N–H and O–H groups in total. The zero-order valence-electron chi connectivity index (χ0n) is 35.9. The second-order valence-electron chi connectivity index (χ2n) is 15.3. The molecule has 0 aliphatic heterocycles. The third-order valence-corrected chi connectivity index (χ3v) is 11.3. The highest BCUT2D eigenvalue weighted by Crippen LogP contribution is 2.19. The fourth-order valence-electron chi connectivity index (χ4n) is 6.45. The number of amides is 1. The average Bonchev–Trinajstić information content (AvgIpc) is 4.00. The smallest absolute Gasteiger partial charge is 0.404 e. The number of rotatable bonds is 32. The minimum atomic E-state index is -4.27. The largest absolute Gasteiger partial charge is 0.744 e. The van der Waals surface area contributed by atoms with E-state index in [1.54, 1.807) is 36.5 Å². The molecule has 4 rings (SSSR count). The van der Waals surface area contributed by atoms with Crippen molar-refractivity contribution in [2.24, 2.45) is 5.73 Å². The number of carbonyl (C=O) groups is 1. The Morgan fingerprint density at radius 3 is 2.02 bits per heavy atom. The molecular weight excluding hydrogens is 809 g/mol. The summed E-state index contributed by atoms with van der Waals surface area (Å²) < 4.78 is 67.2. The molecule has 0 radical (unpaired) electrons. The summed E-state index contributed by atoms with van der Waals surface area (Å²) in [6.07, 6.45) is 23.2. The fourth-order valence-corrected chi connectivity index (χ4v) is 7.54. The van der Waals surface area contributed by atoms with Crippen molar-refractivity contribution >= 4 is 27.5 Å². The SMILES string of the molecule is CCCCCCCCCCCCCCCc1cc(OCC(COCC(CCCCCC[n+]2ccsc2)OC(N)=O)Oc2cc(C)on2)no1.Cc1ccc(S(=O)(=O)[O-])cc1. The number of aryl methyl sites for hydroxylation is 4. The Labute approximate surface area is 361 Å². The zero-order chi connectivity index (χ0) is 43.3. The van der Waals surface area contributed by atoms with Crippen molar-refractivity contribution in [2.75, 3.05) is 19.8 Å². The lowest BCUT2D eigenvalue weighted by Crippen LogP contribution is -2.33. The minimum absolute atomic E-state index is 0.153. The van der Waals surface area contributed by atoms with Crippen LogP contribution in [0.5, 0.6) is 11.8 Å². The van der Waals surface area contributed by atoms with Gasteiger partial charge in [0, 0.05) is 25.0 Å². The van der Waals surface area contributed by atoms with Crippen molar-refractivity contribution in [3.05, 3.63) is 70.6 Å². The van der Waals surface area contributed by atoms with E-state index in [0.717, 1.165) is 56.4 Å². The van der Waals surface area contributed by atoms with E-state index in [-0.39, 0.29) is 24.7 Å². The number of nitrogens with two attached hydrogens (primary N) is 1. The van der Waals surface area contributed by atoms with Crippen LogP contribution in [-0.2, 0) is 32.6 Å². The van der Waals surface area contributed by atoms with Crippen molar-refractivity contribution in [3.8, 4) is 11.8 Å². The van der Waals surface area contributed by atoms with Crippen LogP contribution in [0.15, 0.2) is 67.4 Å². The van der Waals surface area contributed by atoms with Gasteiger partial charge in [-0.1, -0.05) is 119 Å². The van der Waals surface area contributed by atoms with E-state index >= 15 is 0 Å². The quantitative estimate of drug-likeness (QED) is 0.0278. The lowest BCUT2D eigenvalue weighted by molar-refractivity contribution is -0.692. The monoisotopic (exact) mass is 876 g/mol. The van der Waals surface area contributed by atoms with Gasteiger partial charge in [0.05, 0.1) is 23.5 Å². The molecule has 0 spiro atoms. The molecule has 0 fully saturated rings. The first-order chi connectivity index (χ1) is 29.0. The van der Waals surface area contributed by atoms with Gasteiger partial charge in [0.2, 0.25) is 5.51 Å². The number of carbonyl (C=O) groups excluding carboxylic acids is 1. The van der Waals surface area contributed by atoms with Gasteiger partial charge in [-0.25, -0.2) is 13.2 Å². The van der Waals surface area contributed by atoms with Gasteiger partial charge in [-0.2, -0.15) is 4.57 Å². The number of thiazole rings is 1. The molecule has 1 aromatic carbocycles. The Balaban J connectivity index is 0.000000753. The summed E-state index contributed by atoms with van der Waals surface area (Å²) in [4.78, 5) is 11.4. The number of primary amides is 1. The lowest BCUT2D eigenvalue weighted by Gasteiger charge is -2.20. The maximum absolute atomic E-state index is 11.5. The molecule has 0 bridgehead atoms. The predicted octanol–water partition coefficient (Wildman–Crippen LogP) is 9.81. The van der Waals surface area contributed by atoms with Crippen LogP contribution >= 0.6 is 11.3 Å². The van der Waals surface area contributed by atoms with Gasteiger partial charge in [0.25, 0.3) is 11.8 Å². The topological polar surface area (TPSA) is 193 Å². The van der Waals surface area contributed by atoms with Gasteiger partial charge >= 0.3 is 6.09 Å². The molecule has 3 aromatic heterocycles. The number of ether oxygens (including phenoxy) is 4. The van der Waals surface area contributed by atoms with Gasteiger partial charge in [0.1, 0.15) is 40.9 Å². The van der Waals surface area contributed by atoms with Crippen molar-refractivity contribution in [1.82, 2.24) is 10.3 Å². The number of nitrogens with zero attached hydrogens (tertiary/aromatic N) is 3. The Hall–Kier alpha value is -3.99. The maximum atomic E-state index is 11.5. The van der Waals surface area contributed by atoms with Crippen LogP contribution in [0.1, 0.15) is 140 Å². The molecule has 60 heavy (non-hydrogen) atoms. The number of aromatic nitrogens is 3. The molecule has 3 heterocycles. The van der Waals surface area contributed by atoms with E-state index in [2.05, 4.69) is 38.9 Å². The molecule has 2 atom stereocenters. The fraction of sp³-hybridized carbons (Fsp3) is 0.636. The summed E-state index contributed by atoms with van der Waals surface area (Å²) in [6, 6.07) is 9.33. The molecule has 0 saturated heterocycles. The molecule has 1 amide bonds. The van der Waals surface area contributed by atoms with Gasteiger partial charge in [-0.15, -0.1) is 0 Å². The van der Waals surface area contributed by atoms with Crippen LogP contribution in [0.3, 0.4) is 0 Å². The summed E-state index contributed by atoms with van der Waals surface area (Å²) in [7, 11) is -4.27. The molecule has 16 heteroatoms. The molecule has 14 nitrogen and oxygen atoms in total. The molecule has 4 aromatic rings. The first-order valence-corrected chi connectivity index (χ1v) is 24.0. The van der Waals surface area contributed by atoms with Crippen LogP contribution in [0.25, 0.3) is 0 Å². The van der Waals surface area contributed by atoms with E-state index in [1.165, 1.54) is 89.2 Å². The number of hydrogen-bond donors (Lipinski definition) is 1. The Morgan fingerprint density at radius 1 is 0.800 bits per heavy atom. The Morgan fingerprint density at radius 2 is 1.42 bits per heavy atom. The highest BCUT2D eigenvalue weighted by Gasteiger charge is 2.19. The lowest BCUT2D eigenvalue weighted by atomic mass is 10.0. The second-order valence-corrected chi connectivity index (χ2v) is 17.4. The summed E-state index contributed by atoms with van der Waals surface area (Å²) in [5, 5.41) is 10.1. The predicted molar refractivity (Wildman–Crippen MR) is 229 cm³/mol. The second kappa shape index (κ2) is 30.1. The summed E-state index contributed by atoms with van der Waals surface area (Å²) >= 11 is 1.70. The molecule has 0 aliphatic carbocycles. The van der Waals surface area contributed by atoms with E-state index < -0.39 is 28.4 Å². The number of hydrogen-bond acceptors (Lipinski definition) is 13. The van der Waals surface area contributed by atoms with E-state index in [9.17, 15) is 17.8 Å². The third kappa shape index (κ3) is 23.7. The standard InChI is InChI=1S/C37H60N4O7S.C7H8O3S/c1-3-4-5-6-7-8-9-10-11-12-13-14-17-20-32-26-35(39-48-32)44-29-34(45-36-25-31(2)47-40-36)28-43-27-33(46-37(38)42)21-18-15-16-19-22-41-23-24-49-30-41;1-6-2-4-7(5-3-6)11(8,9)10/h23-26,30,33-34H,3-22,27-29H2,1-2H3,(H-,38,42);2-5H,1H3,(H,8,9,10). The van der Waals surface area contributed by atoms with Crippen molar-refractivity contribution < 1.29 is 50.3 Å². The number of benzene rings is 1. The van der Waals surface area contributed by atoms with E-state index in [4.69, 9.17) is 33.7 Å². The molecule has 0 saturated carbocycles. The third-order valence-electron chi connectivity index (χ3n) is 9.79. The summed E-state index contributed by atoms with van der Waals surface area (Å²) in [5.74, 6) is 2.19. The molecule has 2 unspecified atom stereocenters. The highest BCUT2D eigenvalue weighted by molar-refractivity contribution is 7.85. The van der Waals surface area contributed by atoms with Gasteiger partial charge in [-0.3, -0.25) is 0 Å². The van der Waals surface area contributed by atoms with Gasteiger partial charge in [0.15, 0.2) is 12.3 Å². The first kappa shape index (κ1) is 50.4. The van der Waals surface area contributed by atoms with Gasteiger partial charge in [-0.05, 0) is 62.0 Å². The van der Waals surface area contributed by atoms with Crippen molar-refractivity contribution in [3.63, 3.8) is 0 Å². The van der Waals surface area contributed by atoms with Crippen LogP contribution in [0, 0.1) is 13.8 Å². The average molecular weight is 877 g/mol. The van der Waals surface area contributed by atoms with Crippen molar-refractivity contribution in [2.45, 2.75) is 166 Å². The Bertz CT molecular complexity index is 1780. The Kier molecular flexibility index (Phi) is 25.3. The van der Waals surface area contributed by atoms with E-state index in [0.29, 0.717) is 23.9 Å². The summed E-state index contributed by atoms with van der Waals surface area (Å²) in [6.45, 7) is 7.42. The number of unbranched alkanes of at least 4 members (excludes halogenated alkanes) is 15. The van der Waals surface area contributed by atoms with Gasteiger partial charge < -0.3 is 38.3 Å². The molecule has 336 valence electrons. The van der Waals surface area contributed by atoms with Crippen LogP contribution in [0.4, 0.5) is 4.79 Å². The first-order valence-electron chi connectivity index (χ1n) is 21.7. The van der Waals surface area contributed by atoms with Crippen molar-refractivity contribution in [1.29, 1.82) is 0 Å². The maximum Gasteiger partial charge on any atom is 0.404 e. The van der Waals surface area contributed by atoms with Crippen LogP contribution < -0.4 is 19.8 Å². The van der Waals surface area contributed by atoms with E-state index in [1.807, 2.05) is 13.0 Å². The van der Waals surface area contributed by atoms with Crippen LogP contribution in [0.2, 0.25) is 0 Å². The zero-order valence-corrected chi connectivity index (χ0v) is 37.6.